The number of hydrogen-bond acceptors (Lipinski definition) is 4. The smallest absolute Gasteiger partial charge is 0.153 e. The summed E-state index contributed by atoms with van der Waals surface area (Å²) in [7, 11) is 0. The van der Waals surface area contributed by atoms with Gasteiger partial charge in [0.25, 0.3) is 0 Å². The van der Waals surface area contributed by atoms with E-state index in [0.717, 1.165) is 0 Å². The van der Waals surface area contributed by atoms with E-state index < -0.39 is 0 Å². The maximum Gasteiger partial charge on any atom is 0.153 e. The van der Waals surface area contributed by atoms with Gasteiger partial charge in [0.1, 0.15) is 11.5 Å². The van der Waals surface area contributed by atoms with Crippen LogP contribution in [0.15, 0.2) is 35.6 Å². The fourth-order valence-corrected chi connectivity index (χ4v) is 2.03. The van der Waals surface area contributed by atoms with Gasteiger partial charge in [-0.15, -0.1) is 0 Å². The summed E-state index contributed by atoms with van der Waals surface area (Å²) in [4.78, 5) is 21.5. The number of phenolic OH excluding ortho intramolecular Hbond substituents is 1. The fraction of sp³-hybridized carbons (Fsp3) is 0.143. The Morgan fingerprint density at radius 1 is 1.11 bits per heavy atom. The molecule has 92 valence electrons. The number of aldehydes is 2. The second kappa shape index (κ2) is 4.87. The summed E-state index contributed by atoms with van der Waals surface area (Å²) in [5.74, 6) is -0.296. The molecule has 0 unspecified atom stereocenters. The Morgan fingerprint density at radius 2 is 1.89 bits per heavy atom. The second-order valence-electron chi connectivity index (χ2n) is 4.00. The van der Waals surface area contributed by atoms with Gasteiger partial charge in [0.2, 0.25) is 0 Å². The minimum absolute atomic E-state index is 0.130. The Kier molecular flexibility index (Phi) is 3.28. The van der Waals surface area contributed by atoms with Gasteiger partial charge >= 0.3 is 0 Å². The van der Waals surface area contributed by atoms with Crippen molar-refractivity contribution in [2.75, 3.05) is 0 Å². The highest BCUT2D eigenvalue weighted by Gasteiger charge is 2.19. The van der Waals surface area contributed by atoms with E-state index in [-0.39, 0.29) is 22.6 Å². The van der Waals surface area contributed by atoms with Crippen LogP contribution in [0.3, 0.4) is 0 Å². The number of aromatic hydroxyl groups is 1. The van der Waals surface area contributed by atoms with E-state index >= 15 is 0 Å². The van der Waals surface area contributed by atoms with Gasteiger partial charge in [-0.05, 0) is 18.9 Å². The summed E-state index contributed by atoms with van der Waals surface area (Å²) in [6.45, 7) is 0. The third kappa shape index (κ3) is 1.93. The second-order valence-corrected chi connectivity index (χ2v) is 4.00. The molecule has 4 heteroatoms. The monoisotopic (exact) mass is 244 g/mol. The number of phenols is 1. The van der Waals surface area contributed by atoms with E-state index in [1.807, 2.05) is 0 Å². The lowest BCUT2D eigenvalue weighted by Gasteiger charge is -2.16. The molecule has 0 atom stereocenters. The Balaban J connectivity index is 2.59. The van der Waals surface area contributed by atoms with Crippen molar-refractivity contribution in [3.8, 4) is 5.75 Å². The fourth-order valence-electron chi connectivity index (χ4n) is 2.03. The predicted octanol–water partition coefficient (Wildman–Crippen LogP) is 2.39. The van der Waals surface area contributed by atoms with Crippen LogP contribution in [0.4, 0.5) is 0 Å². The van der Waals surface area contributed by atoms with Crippen LogP contribution < -0.4 is 0 Å². The standard InChI is InChI=1S/C14H12O4/c15-7-9-3-1-5-11(13(9)17)12-6-2-4-10(8-16)14(12)18/h1,3-5,7-8,17-18H,2,6H2. The molecule has 0 amide bonds. The average Bonchev–Trinajstić information content (AvgIpc) is 2.40. The van der Waals surface area contributed by atoms with Gasteiger partial charge in [-0.1, -0.05) is 18.2 Å². The zero-order chi connectivity index (χ0) is 13.1. The van der Waals surface area contributed by atoms with Crippen LogP contribution in [-0.4, -0.2) is 22.8 Å². The van der Waals surface area contributed by atoms with E-state index in [1.54, 1.807) is 18.2 Å². The number of benzene rings is 1. The molecule has 2 N–H and O–H groups in total. The van der Waals surface area contributed by atoms with Crippen LogP contribution in [0.5, 0.6) is 5.75 Å². The molecule has 4 nitrogen and oxygen atoms in total. The number of aliphatic hydroxyl groups is 1. The molecule has 1 aromatic carbocycles. The first kappa shape index (κ1) is 12.1. The molecule has 0 heterocycles. The highest BCUT2D eigenvalue weighted by atomic mass is 16.3. The summed E-state index contributed by atoms with van der Waals surface area (Å²) < 4.78 is 0. The van der Waals surface area contributed by atoms with Gasteiger partial charge in [0.05, 0.1) is 11.1 Å². The molecule has 0 radical (unpaired) electrons. The van der Waals surface area contributed by atoms with Crippen molar-refractivity contribution >= 4 is 18.1 Å². The molecule has 0 saturated heterocycles. The maximum atomic E-state index is 10.8. The highest BCUT2D eigenvalue weighted by Crippen LogP contribution is 2.36. The molecule has 0 bridgehead atoms. The van der Waals surface area contributed by atoms with Crippen LogP contribution in [0, 0.1) is 0 Å². The lowest BCUT2D eigenvalue weighted by molar-refractivity contribution is -0.104. The minimum atomic E-state index is -0.166. The first-order valence-corrected chi connectivity index (χ1v) is 5.54. The zero-order valence-electron chi connectivity index (χ0n) is 9.59. The number of hydrogen-bond donors (Lipinski definition) is 2. The Labute approximate surface area is 104 Å². The average molecular weight is 244 g/mol. The Hall–Kier alpha value is -2.36. The molecular formula is C14H12O4. The zero-order valence-corrected chi connectivity index (χ0v) is 9.59. The molecule has 0 saturated carbocycles. The molecular weight excluding hydrogens is 232 g/mol. The molecule has 1 aromatic rings. The number of allylic oxidation sites excluding steroid dienone is 3. The van der Waals surface area contributed by atoms with Crippen molar-refractivity contribution in [2.45, 2.75) is 12.8 Å². The van der Waals surface area contributed by atoms with Crippen LogP contribution in [0.1, 0.15) is 28.8 Å². The van der Waals surface area contributed by atoms with Crippen molar-refractivity contribution in [2.24, 2.45) is 0 Å². The molecule has 0 aliphatic heterocycles. The number of para-hydroxylation sites is 1. The minimum Gasteiger partial charge on any atom is -0.507 e. The van der Waals surface area contributed by atoms with E-state index in [0.29, 0.717) is 36.6 Å². The van der Waals surface area contributed by atoms with Gasteiger partial charge < -0.3 is 10.2 Å². The molecule has 0 aromatic heterocycles. The van der Waals surface area contributed by atoms with Crippen molar-refractivity contribution in [3.05, 3.63) is 46.7 Å². The number of rotatable bonds is 3. The summed E-state index contributed by atoms with van der Waals surface area (Å²) in [5.41, 5.74) is 1.26. The van der Waals surface area contributed by atoms with Crippen LogP contribution in [0.25, 0.3) is 5.57 Å². The van der Waals surface area contributed by atoms with E-state index in [1.165, 1.54) is 6.07 Å². The summed E-state index contributed by atoms with van der Waals surface area (Å²) in [6, 6.07) is 4.72. The number of carbonyl (C=O) groups excluding carboxylic acids is 2. The largest absolute Gasteiger partial charge is 0.507 e. The molecule has 0 fully saturated rings. The van der Waals surface area contributed by atoms with Gasteiger partial charge in [-0.3, -0.25) is 9.59 Å². The Morgan fingerprint density at radius 3 is 2.56 bits per heavy atom. The lowest BCUT2D eigenvalue weighted by atomic mass is 9.91. The molecule has 2 rings (SSSR count). The quantitative estimate of drug-likeness (QED) is 0.800. The van der Waals surface area contributed by atoms with Gasteiger partial charge in [0, 0.05) is 11.1 Å². The van der Waals surface area contributed by atoms with E-state index in [2.05, 4.69) is 0 Å². The molecule has 0 spiro atoms. The molecule has 1 aliphatic carbocycles. The third-order valence-electron chi connectivity index (χ3n) is 2.96. The van der Waals surface area contributed by atoms with Crippen LogP contribution >= 0.6 is 0 Å². The maximum absolute atomic E-state index is 10.8. The molecule has 18 heavy (non-hydrogen) atoms. The van der Waals surface area contributed by atoms with Crippen LogP contribution in [0.2, 0.25) is 0 Å². The highest BCUT2D eigenvalue weighted by molar-refractivity contribution is 5.90. The molecule has 1 aliphatic rings. The predicted molar refractivity (Wildman–Crippen MR) is 66.4 cm³/mol. The van der Waals surface area contributed by atoms with Crippen molar-refractivity contribution in [1.29, 1.82) is 0 Å². The first-order chi connectivity index (χ1) is 8.69. The van der Waals surface area contributed by atoms with Crippen molar-refractivity contribution in [3.63, 3.8) is 0 Å². The topological polar surface area (TPSA) is 74.6 Å². The number of carbonyl (C=O) groups is 2. The first-order valence-electron chi connectivity index (χ1n) is 5.54. The van der Waals surface area contributed by atoms with Gasteiger partial charge in [-0.2, -0.15) is 0 Å². The lowest BCUT2D eigenvalue weighted by Crippen LogP contribution is -2.02. The van der Waals surface area contributed by atoms with Gasteiger partial charge in [-0.25, -0.2) is 0 Å². The van der Waals surface area contributed by atoms with E-state index in [4.69, 9.17) is 0 Å². The number of aliphatic hydroxyl groups excluding tert-OH is 1. The van der Waals surface area contributed by atoms with E-state index in [9.17, 15) is 19.8 Å². The summed E-state index contributed by atoms with van der Waals surface area (Å²) in [5, 5.41) is 19.9. The van der Waals surface area contributed by atoms with Gasteiger partial charge in [0.15, 0.2) is 12.6 Å². The SMILES string of the molecule is O=CC1=CCCC(c2cccc(C=O)c2O)=C1O. The normalized spacial score (nSPS) is 15.2. The summed E-state index contributed by atoms with van der Waals surface area (Å²) >= 11 is 0. The van der Waals surface area contributed by atoms with Crippen molar-refractivity contribution in [1.82, 2.24) is 0 Å². The summed E-state index contributed by atoms with van der Waals surface area (Å²) in [6.07, 6.45) is 3.90. The van der Waals surface area contributed by atoms with Crippen LogP contribution in [-0.2, 0) is 4.79 Å². The van der Waals surface area contributed by atoms with Crippen molar-refractivity contribution < 1.29 is 19.8 Å². The Bertz CT molecular complexity index is 567. The third-order valence-corrected chi connectivity index (χ3v) is 2.96.